The summed E-state index contributed by atoms with van der Waals surface area (Å²) in [5.74, 6) is -0.449. The lowest BCUT2D eigenvalue weighted by Crippen LogP contribution is -2.14. The summed E-state index contributed by atoms with van der Waals surface area (Å²) in [5.41, 5.74) is -0.0835. The minimum absolute atomic E-state index is 0.0327. The highest BCUT2D eigenvalue weighted by Crippen LogP contribution is 2.30. The third kappa shape index (κ3) is 5.57. The molecule has 0 saturated heterocycles. The lowest BCUT2D eigenvalue weighted by atomic mass is 10.1. The minimum Gasteiger partial charge on any atom is -0.326 e. The lowest BCUT2D eigenvalue weighted by molar-refractivity contribution is -0.137. The topological polar surface area (TPSA) is 89.3 Å². The quantitative estimate of drug-likeness (QED) is 0.846. The maximum atomic E-state index is 12.6. The van der Waals surface area contributed by atoms with Crippen LogP contribution in [0.5, 0.6) is 0 Å². The molecule has 0 spiro atoms. The first-order valence-corrected chi connectivity index (χ1v) is 8.69. The summed E-state index contributed by atoms with van der Waals surface area (Å²) in [6.45, 7) is 0. The average Bonchev–Trinajstić information content (AvgIpc) is 2.52. The molecule has 2 aromatic carbocycles. The van der Waals surface area contributed by atoms with E-state index in [2.05, 4.69) is 5.32 Å². The van der Waals surface area contributed by atoms with E-state index in [1.165, 1.54) is 36.4 Å². The van der Waals surface area contributed by atoms with Crippen LogP contribution in [0.1, 0.15) is 17.5 Å². The van der Waals surface area contributed by atoms with E-state index in [0.29, 0.717) is 12.0 Å². The smallest absolute Gasteiger partial charge is 0.326 e. The summed E-state index contributed by atoms with van der Waals surface area (Å²) < 4.78 is 60.2. The third-order valence-corrected chi connectivity index (χ3v) is 4.30. The standard InChI is InChI=1S/C16H15F3N2O3S/c17-16(18,19)12-2-1-3-13(10-12)21-15(22)9-6-11-4-7-14(8-5-11)25(20,23)24/h1-5,7-8,10H,6,9H2,(H,21,22)(H2,20,23,24). The Balaban J connectivity index is 1.95. The van der Waals surface area contributed by atoms with Crippen LogP contribution < -0.4 is 10.5 Å². The maximum absolute atomic E-state index is 12.6. The predicted octanol–water partition coefficient (Wildman–Crippen LogP) is 2.92. The summed E-state index contributed by atoms with van der Waals surface area (Å²) in [4.78, 5) is 11.8. The van der Waals surface area contributed by atoms with Crippen LogP contribution in [0.4, 0.5) is 18.9 Å². The first kappa shape index (κ1) is 18.9. The van der Waals surface area contributed by atoms with Crippen LogP contribution in [0.25, 0.3) is 0 Å². The Morgan fingerprint density at radius 1 is 1.08 bits per heavy atom. The molecule has 0 saturated carbocycles. The number of primary sulfonamides is 1. The van der Waals surface area contributed by atoms with Crippen molar-refractivity contribution in [1.82, 2.24) is 0 Å². The molecule has 0 aromatic heterocycles. The summed E-state index contributed by atoms with van der Waals surface area (Å²) in [5, 5.41) is 7.39. The summed E-state index contributed by atoms with van der Waals surface area (Å²) >= 11 is 0. The largest absolute Gasteiger partial charge is 0.416 e. The number of sulfonamides is 1. The Hall–Kier alpha value is -2.39. The van der Waals surface area contributed by atoms with Gasteiger partial charge in [-0.05, 0) is 42.3 Å². The second kappa shape index (κ2) is 7.24. The number of alkyl halides is 3. The molecule has 0 bridgehead atoms. The van der Waals surface area contributed by atoms with Crippen molar-refractivity contribution >= 4 is 21.6 Å². The number of carbonyl (C=O) groups is 1. The van der Waals surface area contributed by atoms with E-state index >= 15 is 0 Å². The van der Waals surface area contributed by atoms with Crippen molar-refractivity contribution < 1.29 is 26.4 Å². The molecule has 0 atom stereocenters. The highest BCUT2D eigenvalue weighted by Gasteiger charge is 2.30. The number of anilines is 1. The molecular formula is C16H15F3N2O3S. The van der Waals surface area contributed by atoms with Crippen LogP contribution in [0.15, 0.2) is 53.4 Å². The van der Waals surface area contributed by atoms with Crippen molar-refractivity contribution in [2.45, 2.75) is 23.9 Å². The molecule has 2 aromatic rings. The van der Waals surface area contributed by atoms with E-state index < -0.39 is 27.7 Å². The van der Waals surface area contributed by atoms with E-state index in [9.17, 15) is 26.4 Å². The third-order valence-electron chi connectivity index (χ3n) is 3.37. The Morgan fingerprint density at radius 3 is 2.28 bits per heavy atom. The fourth-order valence-corrected chi connectivity index (χ4v) is 2.62. The van der Waals surface area contributed by atoms with Gasteiger partial charge in [0.05, 0.1) is 10.5 Å². The number of aryl methyl sites for hydroxylation is 1. The molecule has 25 heavy (non-hydrogen) atoms. The van der Waals surface area contributed by atoms with Gasteiger partial charge in [-0.1, -0.05) is 18.2 Å². The van der Waals surface area contributed by atoms with Gasteiger partial charge >= 0.3 is 6.18 Å². The molecule has 134 valence electrons. The molecule has 5 nitrogen and oxygen atoms in total. The zero-order valence-electron chi connectivity index (χ0n) is 12.9. The van der Waals surface area contributed by atoms with Gasteiger partial charge in [-0.3, -0.25) is 4.79 Å². The summed E-state index contributed by atoms with van der Waals surface area (Å²) in [7, 11) is -3.78. The van der Waals surface area contributed by atoms with Crippen LogP contribution in [-0.2, 0) is 27.4 Å². The van der Waals surface area contributed by atoms with Gasteiger partial charge in [0.25, 0.3) is 0 Å². The van der Waals surface area contributed by atoms with Crippen LogP contribution in [-0.4, -0.2) is 14.3 Å². The van der Waals surface area contributed by atoms with Gasteiger partial charge in [0.2, 0.25) is 15.9 Å². The molecule has 0 fully saturated rings. The summed E-state index contributed by atoms with van der Waals surface area (Å²) in [6, 6.07) is 10.1. The van der Waals surface area contributed by atoms with Crippen molar-refractivity contribution in [3.63, 3.8) is 0 Å². The van der Waals surface area contributed by atoms with Crippen LogP contribution in [0, 0.1) is 0 Å². The number of hydrogen-bond acceptors (Lipinski definition) is 3. The van der Waals surface area contributed by atoms with Gasteiger partial charge in [-0.25, -0.2) is 13.6 Å². The number of benzene rings is 2. The Bertz CT molecular complexity index is 863. The maximum Gasteiger partial charge on any atom is 0.416 e. The number of carbonyl (C=O) groups excluding carboxylic acids is 1. The normalized spacial score (nSPS) is 12.0. The molecule has 0 heterocycles. The minimum atomic E-state index is -4.48. The van der Waals surface area contributed by atoms with Gasteiger partial charge in [0.15, 0.2) is 0 Å². The molecule has 0 aliphatic carbocycles. The molecular weight excluding hydrogens is 357 g/mol. The molecule has 1 amide bonds. The predicted molar refractivity (Wildman–Crippen MR) is 86.2 cm³/mol. The zero-order valence-corrected chi connectivity index (χ0v) is 13.7. The van der Waals surface area contributed by atoms with Crippen molar-refractivity contribution in [2.75, 3.05) is 5.32 Å². The second-order valence-corrected chi connectivity index (χ2v) is 6.88. The van der Waals surface area contributed by atoms with Crippen LogP contribution in [0.2, 0.25) is 0 Å². The highest BCUT2D eigenvalue weighted by molar-refractivity contribution is 7.89. The van der Waals surface area contributed by atoms with E-state index in [4.69, 9.17) is 5.14 Å². The van der Waals surface area contributed by atoms with Crippen molar-refractivity contribution in [1.29, 1.82) is 0 Å². The molecule has 0 radical (unpaired) electrons. The van der Waals surface area contributed by atoms with Gasteiger partial charge in [-0.15, -0.1) is 0 Å². The molecule has 0 unspecified atom stereocenters. The molecule has 0 aliphatic rings. The molecule has 9 heteroatoms. The zero-order chi connectivity index (χ0) is 18.7. The Labute approximate surface area is 142 Å². The Kier molecular flexibility index (Phi) is 5.48. The first-order valence-electron chi connectivity index (χ1n) is 7.14. The van der Waals surface area contributed by atoms with E-state index in [-0.39, 0.29) is 17.0 Å². The van der Waals surface area contributed by atoms with Gasteiger partial charge in [0, 0.05) is 12.1 Å². The number of amides is 1. The number of rotatable bonds is 5. The molecule has 3 N–H and O–H groups in total. The second-order valence-electron chi connectivity index (χ2n) is 5.32. The first-order chi connectivity index (χ1) is 11.6. The lowest BCUT2D eigenvalue weighted by Gasteiger charge is -2.10. The van der Waals surface area contributed by atoms with Crippen LogP contribution in [0.3, 0.4) is 0 Å². The van der Waals surface area contributed by atoms with Gasteiger partial charge in [-0.2, -0.15) is 13.2 Å². The number of hydrogen-bond donors (Lipinski definition) is 2. The fourth-order valence-electron chi connectivity index (χ4n) is 2.10. The Morgan fingerprint density at radius 2 is 1.72 bits per heavy atom. The molecule has 2 rings (SSSR count). The van der Waals surface area contributed by atoms with Crippen molar-refractivity contribution in [3.8, 4) is 0 Å². The van der Waals surface area contributed by atoms with Gasteiger partial charge < -0.3 is 5.32 Å². The number of halogens is 3. The van der Waals surface area contributed by atoms with Crippen molar-refractivity contribution in [2.24, 2.45) is 5.14 Å². The fraction of sp³-hybridized carbons (Fsp3) is 0.188. The number of nitrogens with two attached hydrogens (primary N) is 1. The molecule has 0 aliphatic heterocycles. The van der Waals surface area contributed by atoms with Crippen LogP contribution >= 0.6 is 0 Å². The van der Waals surface area contributed by atoms with E-state index in [0.717, 1.165) is 12.1 Å². The number of nitrogens with one attached hydrogen (secondary N) is 1. The SMILES string of the molecule is NS(=O)(=O)c1ccc(CCC(=O)Nc2cccc(C(F)(F)F)c2)cc1. The highest BCUT2D eigenvalue weighted by atomic mass is 32.2. The van der Waals surface area contributed by atoms with E-state index in [1.807, 2.05) is 0 Å². The van der Waals surface area contributed by atoms with E-state index in [1.54, 1.807) is 0 Å². The summed E-state index contributed by atoms with van der Waals surface area (Å²) in [6.07, 6.45) is -4.15. The van der Waals surface area contributed by atoms with Crippen molar-refractivity contribution in [3.05, 3.63) is 59.7 Å². The van der Waals surface area contributed by atoms with Gasteiger partial charge in [0.1, 0.15) is 0 Å². The monoisotopic (exact) mass is 372 g/mol. The average molecular weight is 372 g/mol.